The predicted molar refractivity (Wildman–Crippen MR) is 106 cm³/mol. The van der Waals surface area contributed by atoms with Crippen LogP contribution in [0.1, 0.15) is 28.6 Å². The van der Waals surface area contributed by atoms with Crippen LogP contribution in [0.5, 0.6) is 5.75 Å². The number of morpholine rings is 1. The molecule has 166 valence electrons. The lowest BCUT2D eigenvalue weighted by Crippen LogP contribution is -2.37. The van der Waals surface area contributed by atoms with E-state index < -0.39 is 11.7 Å². The number of ether oxygens (including phenoxy) is 2. The standard InChI is InChI=1S/C21H24F3N5O2/c1-28-12-15(11-25-28)13-29-7-9-31-20(14-29)19-10-17(26-27-19)6-8-30-18-4-2-16(3-5-18)21(22,23)24/h2-5,10-12,20H,6-9,13-14H2,1H3,(H,26,27). The second kappa shape index (κ2) is 9.11. The fraction of sp³-hybridized carbons (Fsp3) is 0.429. The SMILES string of the molecule is Cn1cc(CN2CCOC(c3cc(CCOc4ccc(C(F)(F)F)cc4)[nH]n3)C2)cn1. The molecule has 1 atom stereocenters. The predicted octanol–water partition coefficient (Wildman–Crippen LogP) is 3.36. The van der Waals surface area contributed by atoms with Crippen LogP contribution < -0.4 is 4.74 Å². The van der Waals surface area contributed by atoms with E-state index in [1.165, 1.54) is 12.1 Å². The number of benzene rings is 1. The maximum absolute atomic E-state index is 12.6. The first-order valence-electron chi connectivity index (χ1n) is 10.0. The molecular weight excluding hydrogens is 411 g/mol. The second-order valence-electron chi connectivity index (χ2n) is 7.56. The van der Waals surface area contributed by atoms with Gasteiger partial charge in [0.05, 0.1) is 30.7 Å². The van der Waals surface area contributed by atoms with E-state index in [1.54, 1.807) is 4.68 Å². The Hall–Kier alpha value is -2.85. The molecule has 7 nitrogen and oxygen atoms in total. The molecule has 4 rings (SSSR count). The van der Waals surface area contributed by atoms with Gasteiger partial charge in [0.15, 0.2) is 0 Å². The second-order valence-corrected chi connectivity index (χ2v) is 7.56. The zero-order valence-electron chi connectivity index (χ0n) is 17.1. The zero-order valence-corrected chi connectivity index (χ0v) is 17.1. The van der Waals surface area contributed by atoms with Crippen molar-refractivity contribution in [2.24, 2.45) is 7.05 Å². The van der Waals surface area contributed by atoms with Gasteiger partial charge < -0.3 is 9.47 Å². The van der Waals surface area contributed by atoms with Crippen LogP contribution in [0.2, 0.25) is 0 Å². The normalized spacial score (nSPS) is 17.7. The highest BCUT2D eigenvalue weighted by Crippen LogP contribution is 2.30. The first kappa shape index (κ1) is 21.4. The molecule has 1 aliphatic rings. The van der Waals surface area contributed by atoms with Crippen molar-refractivity contribution in [3.05, 3.63) is 65.2 Å². The quantitative estimate of drug-likeness (QED) is 0.617. The van der Waals surface area contributed by atoms with Gasteiger partial charge >= 0.3 is 6.18 Å². The van der Waals surface area contributed by atoms with Crippen molar-refractivity contribution in [3.63, 3.8) is 0 Å². The Morgan fingerprint density at radius 1 is 1.26 bits per heavy atom. The molecule has 2 aromatic heterocycles. The topological polar surface area (TPSA) is 68.2 Å². The lowest BCUT2D eigenvalue weighted by Gasteiger charge is -2.31. The fourth-order valence-corrected chi connectivity index (χ4v) is 3.53. The number of aryl methyl sites for hydroxylation is 1. The number of alkyl halides is 3. The molecule has 0 radical (unpaired) electrons. The fourth-order valence-electron chi connectivity index (χ4n) is 3.53. The van der Waals surface area contributed by atoms with Crippen molar-refractivity contribution in [3.8, 4) is 5.75 Å². The van der Waals surface area contributed by atoms with Gasteiger partial charge in [-0.15, -0.1) is 0 Å². The summed E-state index contributed by atoms with van der Waals surface area (Å²) < 4.78 is 51.1. The Labute approximate surface area is 177 Å². The van der Waals surface area contributed by atoms with Crippen molar-refractivity contribution in [1.29, 1.82) is 0 Å². The largest absolute Gasteiger partial charge is 0.493 e. The number of halogens is 3. The Morgan fingerprint density at radius 3 is 2.77 bits per heavy atom. The summed E-state index contributed by atoms with van der Waals surface area (Å²) in [4.78, 5) is 2.31. The lowest BCUT2D eigenvalue weighted by atomic mass is 10.1. The summed E-state index contributed by atoms with van der Waals surface area (Å²) in [6.07, 6.45) is -0.0346. The third-order valence-electron chi connectivity index (χ3n) is 5.12. The summed E-state index contributed by atoms with van der Waals surface area (Å²) in [6, 6.07) is 6.64. The number of aromatic amines is 1. The Bertz CT molecular complexity index is 984. The van der Waals surface area contributed by atoms with E-state index in [9.17, 15) is 13.2 Å². The molecule has 10 heteroatoms. The van der Waals surface area contributed by atoms with Crippen molar-refractivity contribution in [2.45, 2.75) is 25.2 Å². The van der Waals surface area contributed by atoms with E-state index in [0.717, 1.165) is 48.7 Å². The summed E-state index contributed by atoms with van der Waals surface area (Å²) in [5, 5.41) is 11.6. The van der Waals surface area contributed by atoms with Crippen LogP contribution in [0.3, 0.4) is 0 Å². The first-order chi connectivity index (χ1) is 14.9. The summed E-state index contributed by atoms with van der Waals surface area (Å²) in [5.41, 5.74) is 2.18. The van der Waals surface area contributed by atoms with Crippen molar-refractivity contribution in [2.75, 3.05) is 26.3 Å². The van der Waals surface area contributed by atoms with Crippen molar-refractivity contribution >= 4 is 0 Å². The molecular formula is C21H24F3N5O2. The van der Waals surface area contributed by atoms with E-state index in [-0.39, 0.29) is 6.10 Å². The van der Waals surface area contributed by atoms with Crippen LogP contribution in [0.4, 0.5) is 13.2 Å². The van der Waals surface area contributed by atoms with E-state index in [1.807, 2.05) is 25.5 Å². The molecule has 0 amide bonds. The molecule has 1 fully saturated rings. The average molecular weight is 435 g/mol. The maximum Gasteiger partial charge on any atom is 0.416 e. The molecule has 3 aromatic rings. The lowest BCUT2D eigenvalue weighted by molar-refractivity contribution is -0.137. The smallest absolute Gasteiger partial charge is 0.416 e. The van der Waals surface area contributed by atoms with Crippen LogP contribution in [0.15, 0.2) is 42.7 Å². The summed E-state index contributed by atoms with van der Waals surface area (Å²) >= 11 is 0. The molecule has 1 N–H and O–H groups in total. The number of nitrogens with one attached hydrogen (secondary N) is 1. The molecule has 1 aromatic carbocycles. The van der Waals surface area contributed by atoms with E-state index >= 15 is 0 Å². The van der Waals surface area contributed by atoms with Gasteiger partial charge in [-0.05, 0) is 30.3 Å². The number of hydrogen-bond acceptors (Lipinski definition) is 5. The summed E-state index contributed by atoms with van der Waals surface area (Å²) in [5.74, 6) is 0.398. The van der Waals surface area contributed by atoms with Gasteiger partial charge in [-0.3, -0.25) is 14.7 Å². The molecule has 3 heterocycles. The van der Waals surface area contributed by atoms with Crippen LogP contribution in [0, 0.1) is 0 Å². The summed E-state index contributed by atoms with van der Waals surface area (Å²) in [6.45, 7) is 3.35. The van der Waals surface area contributed by atoms with Gasteiger partial charge in [0.1, 0.15) is 11.9 Å². The highest BCUT2D eigenvalue weighted by atomic mass is 19.4. The highest BCUT2D eigenvalue weighted by Gasteiger charge is 2.30. The highest BCUT2D eigenvalue weighted by molar-refractivity contribution is 5.28. The zero-order chi connectivity index (χ0) is 21.8. The van der Waals surface area contributed by atoms with Crippen LogP contribution >= 0.6 is 0 Å². The van der Waals surface area contributed by atoms with Gasteiger partial charge in [0.25, 0.3) is 0 Å². The minimum absolute atomic E-state index is 0.119. The number of hydrogen-bond donors (Lipinski definition) is 1. The number of H-pyrrole nitrogens is 1. The Morgan fingerprint density at radius 2 is 2.06 bits per heavy atom. The van der Waals surface area contributed by atoms with Crippen LogP contribution in [-0.2, 0) is 30.9 Å². The van der Waals surface area contributed by atoms with Crippen molar-refractivity contribution in [1.82, 2.24) is 24.9 Å². The van der Waals surface area contributed by atoms with Gasteiger partial charge in [-0.1, -0.05) is 0 Å². The molecule has 1 saturated heterocycles. The van der Waals surface area contributed by atoms with Gasteiger partial charge in [-0.25, -0.2) is 0 Å². The van der Waals surface area contributed by atoms with E-state index in [4.69, 9.17) is 9.47 Å². The van der Waals surface area contributed by atoms with Crippen LogP contribution in [-0.4, -0.2) is 51.2 Å². The van der Waals surface area contributed by atoms with Crippen LogP contribution in [0.25, 0.3) is 0 Å². The first-order valence-corrected chi connectivity index (χ1v) is 10.0. The number of rotatable bonds is 7. The van der Waals surface area contributed by atoms with E-state index in [2.05, 4.69) is 20.2 Å². The average Bonchev–Trinajstić information content (AvgIpc) is 3.37. The molecule has 1 aliphatic heterocycles. The monoisotopic (exact) mass is 435 g/mol. The molecule has 31 heavy (non-hydrogen) atoms. The van der Waals surface area contributed by atoms with Crippen molar-refractivity contribution < 1.29 is 22.6 Å². The van der Waals surface area contributed by atoms with E-state index in [0.29, 0.717) is 25.4 Å². The Kier molecular flexibility index (Phi) is 6.28. The van der Waals surface area contributed by atoms with Gasteiger partial charge in [-0.2, -0.15) is 23.4 Å². The molecule has 0 bridgehead atoms. The Balaban J connectivity index is 1.27. The minimum Gasteiger partial charge on any atom is -0.493 e. The third kappa shape index (κ3) is 5.65. The summed E-state index contributed by atoms with van der Waals surface area (Å²) in [7, 11) is 1.90. The third-order valence-corrected chi connectivity index (χ3v) is 5.12. The maximum atomic E-state index is 12.6. The molecule has 0 spiro atoms. The number of aromatic nitrogens is 4. The molecule has 1 unspecified atom stereocenters. The molecule has 0 saturated carbocycles. The van der Waals surface area contributed by atoms with Gasteiger partial charge in [0, 0.05) is 50.6 Å². The minimum atomic E-state index is -4.35. The molecule has 0 aliphatic carbocycles. The number of nitrogens with zero attached hydrogens (tertiary/aromatic N) is 4. The van der Waals surface area contributed by atoms with Gasteiger partial charge in [0.2, 0.25) is 0 Å².